The average Bonchev–Trinajstić information content (AvgIpc) is 2.59. The normalized spacial score (nSPS) is 12.1. The van der Waals surface area contributed by atoms with Crippen LogP contribution in [-0.2, 0) is 10.0 Å². The first-order valence-corrected chi connectivity index (χ1v) is 9.22. The summed E-state index contributed by atoms with van der Waals surface area (Å²) in [5.41, 5.74) is 3.18. The predicted octanol–water partition coefficient (Wildman–Crippen LogP) is 2.74. The van der Waals surface area contributed by atoms with Gasteiger partial charge in [0.25, 0.3) is 5.91 Å². The number of hydrazone groups is 1. The molecule has 2 aromatic carbocycles. The van der Waals surface area contributed by atoms with Crippen LogP contribution in [0.4, 0.5) is 8.78 Å². The number of primary sulfonamides is 1. The maximum Gasteiger partial charge on any atom is 0.387 e. The van der Waals surface area contributed by atoms with Gasteiger partial charge in [0.1, 0.15) is 10.6 Å². The minimum Gasteiger partial charge on any atom is -0.435 e. The van der Waals surface area contributed by atoms with Gasteiger partial charge >= 0.3 is 6.61 Å². The lowest BCUT2D eigenvalue weighted by Gasteiger charge is -2.07. The van der Waals surface area contributed by atoms with Crippen LogP contribution in [-0.4, -0.2) is 26.6 Å². The van der Waals surface area contributed by atoms with Crippen molar-refractivity contribution in [3.8, 4) is 5.75 Å². The number of hydrogen-bond donors (Lipinski definition) is 2. The number of benzene rings is 2. The number of nitrogens with zero attached hydrogens (tertiary/aromatic N) is 1. The van der Waals surface area contributed by atoms with Crippen molar-refractivity contribution in [3.05, 3.63) is 58.6 Å². The van der Waals surface area contributed by atoms with Gasteiger partial charge in [-0.2, -0.15) is 13.9 Å². The van der Waals surface area contributed by atoms with Crippen molar-refractivity contribution in [2.45, 2.75) is 18.4 Å². The average molecular weight is 418 g/mol. The van der Waals surface area contributed by atoms with Crippen LogP contribution in [0.2, 0.25) is 5.02 Å². The number of sulfonamides is 1. The number of halogens is 3. The van der Waals surface area contributed by atoms with E-state index in [9.17, 15) is 22.0 Å². The molecule has 0 aliphatic rings. The van der Waals surface area contributed by atoms with Crippen LogP contribution >= 0.6 is 11.6 Å². The Balaban J connectivity index is 2.14. The summed E-state index contributed by atoms with van der Waals surface area (Å²) in [4.78, 5) is 11.8. The molecular weight excluding hydrogens is 404 g/mol. The van der Waals surface area contributed by atoms with Crippen LogP contribution < -0.4 is 15.3 Å². The molecule has 0 saturated carbocycles. The zero-order valence-corrected chi connectivity index (χ0v) is 15.4. The number of nitrogens with one attached hydrogen (secondary N) is 1. The van der Waals surface area contributed by atoms with Crippen molar-refractivity contribution in [2.24, 2.45) is 10.2 Å². The van der Waals surface area contributed by atoms with Crippen LogP contribution in [0.15, 0.2) is 52.5 Å². The second-order valence-electron chi connectivity index (χ2n) is 5.23. The van der Waals surface area contributed by atoms with Crippen molar-refractivity contribution in [3.63, 3.8) is 0 Å². The third kappa shape index (κ3) is 5.71. The van der Waals surface area contributed by atoms with E-state index in [0.717, 1.165) is 6.07 Å². The summed E-state index contributed by atoms with van der Waals surface area (Å²) >= 11 is 5.76. The maximum absolute atomic E-state index is 12.1. The van der Waals surface area contributed by atoms with E-state index in [1.807, 2.05) is 0 Å². The first-order valence-electron chi connectivity index (χ1n) is 7.30. The minimum absolute atomic E-state index is 0.0118. The molecule has 0 heterocycles. The number of carbonyl (C=O) groups is 1. The van der Waals surface area contributed by atoms with Gasteiger partial charge in [-0.1, -0.05) is 11.6 Å². The Morgan fingerprint density at radius 3 is 2.33 bits per heavy atom. The zero-order chi connectivity index (χ0) is 20.2. The van der Waals surface area contributed by atoms with Gasteiger partial charge in [-0.3, -0.25) is 4.79 Å². The van der Waals surface area contributed by atoms with Crippen molar-refractivity contribution in [1.82, 2.24) is 5.43 Å². The summed E-state index contributed by atoms with van der Waals surface area (Å²) in [7, 11) is -4.09. The van der Waals surface area contributed by atoms with E-state index < -0.39 is 22.5 Å². The lowest BCUT2D eigenvalue weighted by atomic mass is 10.1. The van der Waals surface area contributed by atoms with Crippen LogP contribution in [0.3, 0.4) is 0 Å². The molecule has 144 valence electrons. The molecule has 1 amide bonds. The van der Waals surface area contributed by atoms with Gasteiger partial charge in [0.2, 0.25) is 10.0 Å². The topological polar surface area (TPSA) is 111 Å². The monoisotopic (exact) mass is 417 g/mol. The lowest BCUT2D eigenvalue weighted by molar-refractivity contribution is -0.0498. The summed E-state index contributed by atoms with van der Waals surface area (Å²) < 4.78 is 51.4. The summed E-state index contributed by atoms with van der Waals surface area (Å²) in [6, 6.07) is 9.23. The summed E-state index contributed by atoms with van der Waals surface area (Å²) in [5.74, 6) is -0.698. The number of amides is 1. The molecule has 3 N–H and O–H groups in total. The lowest BCUT2D eigenvalue weighted by Crippen LogP contribution is -2.20. The molecule has 0 fully saturated rings. The molecule has 2 rings (SSSR count). The Bertz CT molecular complexity index is 980. The van der Waals surface area contributed by atoms with Gasteiger partial charge in [0.05, 0.1) is 10.7 Å². The van der Waals surface area contributed by atoms with Crippen molar-refractivity contribution in [1.29, 1.82) is 0 Å². The van der Waals surface area contributed by atoms with Gasteiger partial charge < -0.3 is 4.74 Å². The first-order chi connectivity index (χ1) is 12.6. The second kappa shape index (κ2) is 8.42. The van der Waals surface area contributed by atoms with Crippen LogP contribution in [0.1, 0.15) is 22.8 Å². The number of ether oxygens (including phenoxy) is 1. The molecule has 0 bridgehead atoms. The van der Waals surface area contributed by atoms with E-state index in [-0.39, 0.29) is 21.2 Å². The van der Waals surface area contributed by atoms with Gasteiger partial charge in [-0.05, 0) is 55.0 Å². The molecule has 0 spiro atoms. The number of carbonyl (C=O) groups excluding carboxylic acids is 1. The van der Waals surface area contributed by atoms with Gasteiger partial charge in [0.15, 0.2) is 0 Å². The molecule has 0 aliphatic heterocycles. The molecule has 0 saturated heterocycles. The highest BCUT2D eigenvalue weighted by Crippen LogP contribution is 2.21. The van der Waals surface area contributed by atoms with Crippen molar-refractivity contribution in [2.75, 3.05) is 0 Å². The molecular formula is C16H14ClF2N3O4S. The third-order valence-corrected chi connectivity index (χ3v) is 4.71. The van der Waals surface area contributed by atoms with Crippen LogP contribution in [0.5, 0.6) is 5.75 Å². The van der Waals surface area contributed by atoms with E-state index in [0.29, 0.717) is 11.3 Å². The zero-order valence-electron chi connectivity index (χ0n) is 13.8. The highest BCUT2D eigenvalue weighted by Gasteiger charge is 2.16. The third-order valence-electron chi connectivity index (χ3n) is 3.32. The van der Waals surface area contributed by atoms with E-state index in [2.05, 4.69) is 15.3 Å². The van der Waals surface area contributed by atoms with E-state index in [4.69, 9.17) is 16.7 Å². The Kier molecular flexibility index (Phi) is 6.47. The SMILES string of the molecule is CC(=NNC(=O)c1ccc(Cl)c(S(N)(=O)=O)c1)c1ccc(OC(F)F)cc1. The number of alkyl halides is 2. The Hall–Kier alpha value is -2.56. The fraction of sp³-hybridized carbons (Fsp3) is 0.125. The largest absolute Gasteiger partial charge is 0.435 e. The van der Waals surface area contributed by atoms with E-state index in [1.165, 1.54) is 36.4 Å². The maximum atomic E-state index is 12.1. The quantitative estimate of drug-likeness (QED) is 0.556. The Morgan fingerprint density at radius 1 is 1.19 bits per heavy atom. The molecule has 0 atom stereocenters. The van der Waals surface area contributed by atoms with E-state index >= 15 is 0 Å². The van der Waals surface area contributed by atoms with Gasteiger partial charge in [-0.15, -0.1) is 0 Å². The second-order valence-corrected chi connectivity index (χ2v) is 7.17. The predicted molar refractivity (Wildman–Crippen MR) is 95.6 cm³/mol. The Labute approximate surface area is 158 Å². The number of hydrogen-bond acceptors (Lipinski definition) is 5. The summed E-state index contributed by atoms with van der Waals surface area (Å²) in [6.45, 7) is -1.34. The Morgan fingerprint density at radius 2 is 1.78 bits per heavy atom. The molecule has 2 aromatic rings. The van der Waals surface area contributed by atoms with Gasteiger partial charge in [0, 0.05) is 5.56 Å². The first kappa shape index (κ1) is 20.7. The molecule has 11 heteroatoms. The molecule has 0 aromatic heterocycles. The van der Waals surface area contributed by atoms with Crippen molar-refractivity contribution < 1.29 is 26.7 Å². The molecule has 0 unspecified atom stereocenters. The highest BCUT2D eigenvalue weighted by molar-refractivity contribution is 7.89. The van der Waals surface area contributed by atoms with Gasteiger partial charge in [-0.25, -0.2) is 19.0 Å². The molecule has 0 radical (unpaired) electrons. The van der Waals surface area contributed by atoms with Crippen molar-refractivity contribution >= 4 is 33.2 Å². The van der Waals surface area contributed by atoms with Crippen LogP contribution in [0.25, 0.3) is 0 Å². The van der Waals surface area contributed by atoms with Crippen LogP contribution in [0, 0.1) is 0 Å². The molecule has 0 aliphatic carbocycles. The fourth-order valence-corrected chi connectivity index (χ4v) is 3.08. The summed E-state index contributed by atoms with van der Waals surface area (Å²) in [5, 5.41) is 8.82. The van der Waals surface area contributed by atoms with E-state index in [1.54, 1.807) is 6.92 Å². The number of nitrogens with two attached hydrogens (primary N) is 1. The fourth-order valence-electron chi connectivity index (χ4n) is 2.00. The molecule has 7 nitrogen and oxygen atoms in total. The number of rotatable bonds is 6. The highest BCUT2D eigenvalue weighted by atomic mass is 35.5. The standard InChI is InChI=1S/C16H14ClF2N3O4S/c1-9(10-2-5-12(6-3-10)26-16(18)19)21-22-15(23)11-4-7-13(17)14(8-11)27(20,24)25/h2-8,16H,1H3,(H,22,23)(H2,20,24,25). The smallest absolute Gasteiger partial charge is 0.387 e. The molecule has 27 heavy (non-hydrogen) atoms. The summed E-state index contributed by atoms with van der Waals surface area (Å²) in [6.07, 6.45) is 0. The minimum atomic E-state index is -4.09.